The highest BCUT2D eigenvalue weighted by molar-refractivity contribution is 5.90. The van der Waals surface area contributed by atoms with Crippen molar-refractivity contribution in [2.45, 2.75) is 26.4 Å². The van der Waals surface area contributed by atoms with Crippen LogP contribution < -0.4 is 0 Å². The first-order valence-electron chi connectivity index (χ1n) is 4.40. The Balaban J connectivity index is 2.87. The molecule has 0 amide bonds. The molecule has 0 aromatic carbocycles. The third-order valence-electron chi connectivity index (χ3n) is 1.87. The number of ether oxygens (including phenoxy) is 1. The lowest BCUT2D eigenvalue weighted by Crippen LogP contribution is -2.03. The summed E-state index contributed by atoms with van der Waals surface area (Å²) in [7, 11) is 1.32. The number of hydrogen-bond acceptors (Lipinski definition) is 4. The number of rotatable bonds is 3. The zero-order chi connectivity index (χ0) is 10.7. The first-order chi connectivity index (χ1) is 6.54. The minimum Gasteiger partial charge on any atom is -0.465 e. The molecular formula is C10H14O4. The van der Waals surface area contributed by atoms with Crippen LogP contribution in [0.1, 0.15) is 28.8 Å². The van der Waals surface area contributed by atoms with Crippen molar-refractivity contribution in [1.29, 1.82) is 0 Å². The van der Waals surface area contributed by atoms with Gasteiger partial charge in [0, 0.05) is 6.42 Å². The Morgan fingerprint density at radius 2 is 2.36 bits per heavy atom. The van der Waals surface area contributed by atoms with Gasteiger partial charge in [-0.1, -0.05) is 0 Å². The Kier molecular flexibility index (Phi) is 3.30. The van der Waals surface area contributed by atoms with Crippen LogP contribution >= 0.6 is 0 Å². The summed E-state index contributed by atoms with van der Waals surface area (Å²) < 4.78 is 9.86. The molecule has 1 aromatic heterocycles. The molecule has 4 nitrogen and oxygen atoms in total. The Hall–Kier alpha value is -1.29. The van der Waals surface area contributed by atoms with Crippen LogP contribution in [0.2, 0.25) is 0 Å². The van der Waals surface area contributed by atoms with Gasteiger partial charge >= 0.3 is 5.97 Å². The van der Waals surface area contributed by atoms with E-state index >= 15 is 0 Å². The van der Waals surface area contributed by atoms with E-state index in [-0.39, 0.29) is 0 Å². The summed E-state index contributed by atoms with van der Waals surface area (Å²) in [5.74, 6) is 0.702. The molecule has 0 saturated carbocycles. The van der Waals surface area contributed by atoms with E-state index in [1.54, 1.807) is 19.9 Å². The number of carbonyl (C=O) groups excluding carboxylic acids is 1. The molecule has 0 aliphatic rings. The molecule has 78 valence electrons. The number of carbonyl (C=O) groups is 1. The lowest BCUT2D eigenvalue weighted by Gasteiger charge is -1.98. The summed E-state index contributed by atoms with van der Waals surface area (Å²) in [5, 5.41) is 9.13. The van der Waals surface area contributed by atoms with Gasteiger partial charge in [0.1, 0.15) is 17.1 Å². The number of furan rings is 1. The van der Waals surface area contributed by atoms with Crippen molar-refractivity contribution in [2.24, 2.45) is 0 Å². The molecule has 1 heterocycles. The van der Waals surface area contributed by atoms with Gasteiger partial charge in [-0.15, -0.1) is 0 Å². The van der Waals surface area contributed by atoms with Crippen LogP contribution in [0.4, 0.5) is 0 Å². The van der Waals surface area contributed by atoms with Crippen LogP contribution in [-0.4, -0.2) is 24.3 Å². The Morgan fingerprint density at radius 1 is 1.71 bits per heavy atom. The van der Waals surface area contributed by atoms with E-state index in [2.05, 4.69) is 4.74 Å². The first kappa shape index (κ1) is 10.8. The number of aliphatic hydroxyl groups excluding tert-OH is 1. The molecule has 1 rings (SSSR count). The smallest absolute Gasteiger partial charge is 0.341 e. The molecule has 0 fully saturated rings. The monoisotopic (exact) mass is 198 g/mol. The van der Waals surface area contributed by atoms with Crippen molar-refractivity contribution in [2.75, 3.05) is 7.11 Å². The maximum Gasteiger partial charge on any atom is 0.341 e. The quantitative estimate of drug-likeness (QED) is 0.743. The Labute approximate surface area is 82.5 Å². The third-order valence-corrected chi connectivity index (χ3v) is 1.87. The van der Waals surface area contributed by atoms with Gasteiger partial charge in [-0.3, -0.25) is 0 Å². The highest BCUT2D eigenvalue weighted by atomic mass is 16.5. The minimum atomic E-state index is -0.481. The summed E-state index contributed by atoms with van der Waals surface area (Å²) >= 11 is 0. The third kappa shape index (κ3) is 2.35. The fourth-order valence-electron chi connectivity index (χ4n) is 1.25. The minimum absolute atomic E-state index is 0.401. The van der Waals surface area contributed by atoms with Gasteiger partial charge in [-0.25, -0.2) is 4.79 Å². The SMILES string of the molecule is COC(=O)c1cc(C[C@H](C)O)oc1C. The van der Waals surface area contributed by atoms with Gasteiger partial charge < -0.3 is 14.3 Å². The molecular weight excluding hydrogens is 184 g/mol. The normalized spacial score (nSPS) is 12.6. The lowest BCUT2D eigenvalue weighted by atomic mass is 10.2. The number of hydrogen-bond donors (Lipinski definition) is 1. The topological polar surface area (TPSA) is 59.7 Å². The maximum atomic E-state index is 11.2. The van der Waals surface area contributed by atoms with Crippen LogP contribution in [0.5, 0.6) is 0 Å². The average Bonchev–Trinajstić information content (AvgIpc) is 2.44. The number of aliphatic hydroxyl groups is 1. The summed E-state index contributed by atoms with van der Waals surface area (Å²) in [5.41, 5.74) is 0.420. The second-order valence-corrected chi connectivity index (χ2v) is 3.23. The summed E-state index contributed by atoms with van der Waals surface area (Å²) in [4.78, 5) is 11.2. The largest absolute Gasteiger partial charge is 0.465 e. The standard InChI is InChI=1S/C10H14O4/c1-6(11)4-8-5-9(7(2)14-8)10(12)13-3/h5-6,11H,4H2,1-3H3/t6-/m0/s1. The lowest BCUT2D eigenvalue weighted by molar-refractivity contribution is 0.0599. The highest BCUT2D eigenvalue weighted by Crippen LogP contribution is 2.16. The Morgan fingerprint density at radius 3 is 2.86 bits per heavy atom. The first-order valence-corrected chi connectivity index (χ1v) is 4.40. The molecule has 0 radical (unpaired) electrons. The molecule has 0 spiro atoms. The van der Waals surface area contributed by atoms with Gasteiger partial charge in [-0.2, -0.15) is 0 Å². The second kappa shape index (κ2) is 4.28. The molecule has 1 atom stereocenters. The van der Waals surface area contributed by atoms with Gasteiger partial charge in [0.2, 0.25) is 0 Å². The van der Waals surface area contributed by atoms with Crippen LogP contribution in [0.25, 0.3) is 0 Å². The molecule has 1 N–H and O–H groups in total. The van der Waals surface area contributed by atoms with Crippen molar-refractivity contribution < 1.29 is 19.1 Å². The fourth-order valence-corrected chi connectivity index (χ4v) is 1.25. The summed E-state index contributed by atoms with van der Waals surface area (Å²) in [6, 6.07) is 1.61. The second-order valence-electron chi connectivity index (χ2n) is 3.23. The summed E-state index contributed by atoms with van der Waals surface area (Å²) in [6.07, 6.45) is -0.0799. The van der Waals surface area contributed by atoms with E-state index < -0.39 is 12.1 Å². The van der Waals surface area contributed by atoms with E-state index in [4.69, 9.17) is 9.52 Å². The van der Waals surface area contributed by atoms with Gasteiger partial charge in [0.15, 0.2) is 0 Å². The van der Waals surface area contributed by atoms with E-state index in [1.165, 1.54) is 7.11 Å². The van der Waals surface area contributed by atoms with Gasteiger partial charge in [0.25, 0.3) is 0 Å². The van der Waals surface area contributed by atoms with Gasteiger partial charge in [-0.05, 0) is 19.9 Å². The molecule has 14 heavy (non-hydrogen) atoms. The van der Waals surface area contributed by atoms with Crippen molar-refractivity contribution in [3.63, 3.8) is 0 Å². The van der Waals surface area contributed by atoms with Crippen LogP contribution in [0, 0.1) is 6.92 Å². The molecule has 0 unspecified atom stereocenters. The van der Waals surface area contributed by atoms with E-state index in [1.807, 2.05) is 0 Å². The van der Waals surface area contributed by atoms with E-state index in [9.17, 15) is 4.79 Å². The predicted octanol–water partition coefficient (Wildman–Crippen LogP) is 1.30. The van der Waals surface area contributed by atoms with E-state index in [0.29, 0.717) is 23.5 Å². The Bertz CT molecular complexity index is 325. The highest BCUT2D eigenvalue weighted by Gasteiger charge is 2.15. The predicted molar refractivity (Wildman–Crippen MR) is 50.2 cm³/mol. The molecule has 0 aliphatic carbocycles. The van der Waals surface area contributed by atoms with E-state index in [0.717, 1.165) is 0 Å². The van der Waals surface area contributed by atoms with Crippen molar-refractivity contribution >= 4 is 5.97 Å². The molecule has 4 heteroatoms. The van der Waals surface area contributed by atoms with Crippen LogP contribution in [-0.2, 0) is 11.2 Å². The number of esters is 1. The molecule has 0 saturated heterocycles. The molecule has 0 bridgehead atoms. The molecule has 1 aromatic rings. The maximum absolute atomic E-state index is 11.2. The van der Waals surface area contributed by atoms with Crippen molar-refractivity contribution in [1.82, 2.24) is 0 Å². The number of aryl methyl sites for hydroxylation is 1. The zero-order valence-electron chi connectivity index (χ0n) is 8.53. The molecule has 0 aliphatic heterocycles. The summed E-state index contributed by atoms with van der Waals surface area (Å²) in [6.45, 7) is 3.35. The van der Waals surface area contributed by atoms with Crippen LogP contribution in [0.3, 0.4) is 0 Å². The average molecular weight is 198 g/mol. The van der Waals surface area contributed by atoms with Crippen molar-refractivity contribution in [3.05, 3.63) is 23.2 Å². The number of methoxy groups -OCH3 is 1. The van der Waals surface area contributed by atoms with Crippen molar-refractivity contribution in [3.8, 4) is 0 Å². The zero-order valence-corrected chi connectivity index (χ0v) is 8.53. The van der Waals surface area contributed by atoms with Gasteiger partial charge in [0.05, 0.1) is 13.2 Å². The van der Waals surface area contributed by atoms with Crippen LogP contribution in [0.15, 0.2) is 10.5 Å². The fraction of sp³-hybridized carbons (Fsp3) is 0.500.